The van der Waals surface area contributed by atoms with Gasteiger partial charge in [-0.15, -0.1) is 0 Å². The van der Waals surface area contributed by atoms with Crippen molar-refractivity contribution in [2.75, 3.05) is 11.4 Å². The van der Waals surface area contributed by atoms with E-state index in [1.54, 1.807) is 58.4 Å². The van der Waals surface area contributed by atoms with Gasteiger partial charge in [-0.25, -0.2) is 13.6 Å². The number of carbonyl (C=O) groups excluding carboxylic acids is 1. The number of ether oxygens (including phenoxy) is 1. The second-order valence-corrected chi connectivity index (χ2v) is 11.1. The maximum Gasteiger partial charge on any atom is 0.435 e. The molecule has 0 N–H and O–H groups in total. The van der Waals surface area contributed by atoms with Gasteiger partial charge in [0.05, 0.1) is 23.1 Å². The predicted molar refractivity (Wildman–Crippen MR) is 148 cm³/mol. The molecule has 0 aliphatic carbocycles. The van der Waals surface area contributed by atoms with Crippen LogP contribution in [0.15, 0.2) is 47.4 Å². The van der Waals surface area contributed by atoms with Crippen molar-refractivity contribution in [2.45, 2.75) is 59.5 Å². The summed E-state index contributed by atoms with van der Waals surface area (Å²) in [6, 6.07) is 11.0. The molecule has 7 nitrogen and oxygen atoms in total. The average molecular weight is 535 g/mol. The van der Waals surface area contributed by atoms with Crippen molar-refractivity contribution in [1.82, 2.24) is 14.3 Å². The van der Waals surface area contributed by atoms with Crippen LogP contribution < -0.4 is 10.5 Å². The second kappa shape index (κ2) is 9.63. The first-order valence-corrected chi connectivity index (χ1v) is 13.0. The maximum absolute atomic E-state index is 14.6. The Bertz CT molecular complexity index is 1660. The van der Waals surface area contributed by atoms with Gasteiger partial charge in [0.2, 0.25) is 0 Å². The van der Waals surface area contributed by atoms with Gasteiger partial charge in [-0.05, 0) is 88.9 Å². The fourth-order valence-corrected chi connectivity index (χ4v) is 5.35. The van der Waals surface area contributed by atoms with Gasteiger partial charge in [0, 0.05) is 41.4 Å². The number of alkyl halides is 2. The lowest BCUT2D eigenvalue weighted by molar-refractivity contribution is 0.0511. The molecule has 0 saturated heterocycles. The fourth-order valence-electron chi connectivity index (χ4n) is 5.35. The Kier molecular flexibility index (Phi) is 6.56. The zero-order chi connectivity index (χ0) is 28.2. The summed E-state index contributed by atoms with van der Waals surface area (Å²) < 4.78 is 37.3. The van der Waals surface area contributed by atoms with E-state index < -0.39 is 18.1 Å². The summed E-state index contributed by atoms with van der Waals surface area (Å²) in [5.41, 5.74) is 4.27. The molecular formula is C30H32F2N4O3. The van der Waals surface area contributed by atoms with Crippen molar-refractivity contribution in [3.63, 3.8) is 0 Å². The smallest absolute Gasteiger partial charge is 0.435 e. The van der Waals surface area contributed by atoms with Crippen LogP contribution in [0.4, 0.5) is 25.0 Å². The number of anilines is 2. The highest BCUT2D eigenvalue weighted by molar-refractivity contribution is 5.95. The van der Waals surface area contributed by atoms with Crippen LogP contribution in [0.3, 0.4) is 0 Å². The Balaban J connectivity index is 1.65. The van der Waals surface area contributed by atoms with Crippen LogP contribution in [0.1, 0.15) is 56.0 Å². The number of benzene rings is 2. The Morgan fingerprint density at radius 3 is 2.51 bits per heavy atom. The molecule has 5 rings (SSSR count). The summed E-state index contributed by atoms with van der Waals surface area (Å²) in [5, 5.41) is 5.06. The fraction of sp³-hybridized carbons (Fsp3) is 0.367. The number of nitrogens with zero attached hydrogens (tertiary/aromatic N) is 4. The molecular weight excluding hydrogens is 502 g/mol. The number of hydrogen-bond donors (Lipinski definition) is 0. The maximum atomic E-state index is 14.6. The molecule has 2 aromatic carbocycles. The first-order chi connectivity index (χ1) is 18.4. The lowest BCUT2D eigenvalue weighted by Crippen LogP contribution is -2.28. The van der Waals surface area contributed by atoms with E-state index in [2.05, 4.69) is 10.00 Å². The van der Waals surface area contributed by atoms with Gasteiger partial charge in [-0.1, -0.05) is 6.07 Å². The zero-order valence-electron chi connectivity index (χ0n) is 23.0. The van der Waals surface area contributed by atoms with Crippen LogP contribution in [-0.2, 0) is 18.2 Å². The molecule has 4 aromatic rings. The summed E-state index contributed by atoms with van der Waals surface area (Å²) >= 11 is 0. The molecule has 0 atom stereocenters. The molecule has 2 aromatic heterocycles. The van der Waals surface area contributed by atoms with Gasteiger partial charge in [-0.3, -0.25) is 4.79 Å². The normalized spacial score (nSPS) is 13.7. The lowest BCUT2D eigenvalue weighted by Gasteiger charge is -2.33. The number of pyridine rings is 1. The Morgan fingerprint density at radius 1 is 1.08 bits per heavy atom. The van der Waals surface area contributed by atoms with Crippen molar-refractivity contribution in [3.05, 3.63) is 75.3 Å². The molecule has 0 spiro atoms. The molecule has 0 amide bonds. The lowest BCUT2D eigenvalue weighted by atomic mass is 9.91. The van der Waals surface area contributed by atoms with Crippen molar-refractivity contribution >= 4 is 28.4 Å². The van der Waals surface area contributed by atoms with E-state index in [1.165, 1.54) is 6.20 Å². The summed E-state index contributed by atoms with van der Waals surface area (Å²) in [6.45, 7) is 9.38. The van der Waals surface area contributed by atoms with E-state index in [1.807, 2.05) is 24.3 Å². The van der Waals surface area contributed by atoms with Gasteiger partial charge in [0.15, 0.2) is 0 Å². The molecule has 204 valence electrons. The summed E-state index contributed by atoms with van der Waals surface area (Å²) in [4.78, 5) is 27.3. The average Bonchev–Trinajstić information content (AvgIpc) is 3.26. The molecule has 9 heteroatoms. The van der Waals surface area contributed by atoms with Gasteiger partial charge in [0.1, 0.15) is 5.60 Å². The van der Waals surface area contributed by atoms with E-state index in [0.29, 0.717) is 28.9 Å². The molecule has 1 aliphatic rings. The minimum absolute atomic E-state index is 0.0642. The number of rotatable bonds is 3. The first kappa shape index (κ1) is 26.6. The molecule has 39 heavy (non-hydrogen) atoms. The Labute approximate surface area is 225 Å². The van der Waals surface area contributed by atoms with Crippen LogP contribution in [-0.4, -0.2) is 32.6 Å². The number of hydrogen-bond acceptors (Lipinski definition) is 5. The number of fused-ring (bicyclic) bond motifs is 2. The molecule has 0 radical (unpaired) electrons. The SMILES string of the molecule is Cc1cc2c(N3CCCc4cc(-c5cnn(C(=O)OC(C)(C)C)c5C)c(C(F)F)cc43)cccc2n(C)c1=O. The van der Waals surface area contributed by atoms with Crippen molar-refractivity contribution < 1.29 is 18.3 Å². The predicted octanol–water partition coefficient (Wildman–Crippen LogP) is 6.82. The van der Waals surface area contributed by atoms with E-state index in [4.69, 9.17) is 4.74 Å². The van der Waals surface area contributed by atoms with Crippen LogP contribution in [0.5, 0.6) is 0 Å². The van der Waals surface area contributed by atoms with Crippen molar-refractivity contribution in [3.8, 4) is 11.1 Å². The highest BCUT2D eigenvalue weighted by atomic mass is 19.3. The summed E-state index contributed by atoms with van der Waals surface area (Å²) in [6.07, 6.45) is -0.396. The van der Waals surface area contributed by atoms with E-state index >= 15 is 0 Å². The second-order valence-electron chi connectivity index (χ2n) is 11.1. The quantitative estimate of drug-likeness (QED) is 0.288. The van der Waals surface area contributed by atoms with Crippen LogP contribution in [0, 0.1) is 13.8 Å². The molecule has 0 saturated carbocycles. The van der Waals surface area contributed by atoms with Gasteiger partial charge in [-0.2, -0.15) is 9.78 Å². The van der Waals surface area contributed by atoms with Crippen molar-refractivity contribution in [1.29, 1.82) is 0 Å². The standard InChI is InChI=1S/C30H32F2N4O3/c1-17-13-22-24(34(6)28(17)37)10-7-11-25(22)35-12-8-9-19-14-20(21(27(31)32)15-26(19)35)23-16-33-36(18(23)2)29(38)39-30(3,4)5/h7,10-11,13-16,27H,8-9,12H2,1-6H3. The number of aromatic nitrogens is 3. The molecule has 0 bridgehead atoms. The van der Waals surface area contributed by atoms with Crippen molar-refractivity contribution in [2.24, 2.45) is 7.05 Å². The van der Waals surface area contributed by atoms with Crippen LogP contribution >= 0.6 is 0 Å². The van der Waals surface area contributed by atoms with E-state index in [9.17, 15) is 18.4 Å². The minimum Gasteiger partial charge on any atom is -0.442 e. The third kappa shape index (κ3) is 4.70. The largest absolute Gasteiger partial charge is 0.442 e. The third-order valence-electron chi connectivity index (χ3n) is 7.19. The Hall–Kier alpha value is -4.01. The Morgan fingerprint density at radius 2 is 1.82 bits per heavy atom. The van der Waals surface area contributed by atoms with Crippen LogP contribution in [0.2, 0.25) is 0 Å². The highest BCUT2D eigenvalue weighted by Crippen LogP contribution is 2.43. The zero-order valence-corrected chi connectivity index (χ0v) is 23.0. The van der Waals surface area contributed by atoms with E-state index in [-0.39, 0.29) is 11.1 Å². The summed E-state index contributed by atoms with van der Waals surface area (Å²) in [7, 11) is 1.74. The minimum atomic E-state index is -2.74. The molecule has 3 heterocycles. The number of halogens is 2. The molecule has 0 unspecified atom stereocenters. The van der Waals surface area contributed by atoms with Gasteiger partial charge < -0.3 is 14.2 Å². The van der Waals surface area contributed by atoms with E-state index in [0.717, 1.165) is 45.4 Å². The first-order valence-electron chi connectivity index (χ1n) is 13.0. The number of carbonyl (C=O) groups is 1. The third-order valence-corrected chi connectivity index (χ3v) is 7.19. The topological polar surface area (TPSA) is 69.4 Å². The number of aryl methyl sites for hydroxylation is 3. The van der Waals surface area contributed by atoms with Crippen LogP contribution in [0.25, 0.3) is 22.0 Å². The molecule has 0 fully saturated rings. The summed E-state index contributed by atoms with van der Waals surface area (Å²) in [5.74, 6) is 0. The van der Waals surface area contributed by atoms with Gasteiger partial charge >= 0.3 is 6.09 Å². The molecule has 1 aliphatic heterocycles. The highest BCUT2D eigenvalue weighted by Gasteiger charge is 2.28. The monoisotopic (exact) mass is 534 g/mol. The van der Waals surface area contributed by atoms with Gasteiger partial charge in [0.25, 0.3) is 12.0 Å².